The first kappa shape index (κ1) is 15.5. The van der Waals surface area contributed by atoms with Crippen molar-refractivity contribution in [2.45, 2.75) is 18.9 Å². The summed E-state index contributed by atoms with van der Waals surface area (Å²) in [4.78, 5) is 21.9. The number of hydrogen-bond donors (Lipinski definition) is 3. The number of carboxylic acid groups (broad SMARTS) is 1. The summed E-state index contributed by atoms with van der Waals surface area (Å²) in [6.45, 7) is 1.19. The maximum Gasteiger partial charge on any atom is 0.306 e. The number of halogens is 1. The van der Waals surface area contributed by atoms with Crippen LogP contribution in [-0.2, 0) is 9.59 Å². The Morgan fingerprint density at radius 2 is 2.21 bits per heavy atom. The van der Waals surface area contributed by atoms with Crippen LogP contribution in [0.5, 0.6) is 0 Å². The maximum absolute atomic E-state index is 11.4. The molecule has 19 heavy (non-hydrogen) atoms. The number of furan rings is 1. The van der Waals surface area contributed by atoms with Crippen molar-refractivity contribution in [1.82, 2.24) is 5.32 Å². The third-order valence-corrected chi connectivity index (χ3v) is 2.59. The number of amides is 1. The van der Waals surface area contributed by atoms with E-state index in [2.05, 4.69) is 21.2 Å². The van der Waals surface area contributed by atoms with E-state index in [1.807, 2.05) is 0 Å². The van der Waals surface area contributed by atoms with Gasteiger partial charge in [-0.25, -0.2) is 0 Å². The number of rotatable bonds is 6. The van der Waals surface area contributed by atoms with Gasteiger partial charge >= 0.3 is 5.97 Å². The third kappa shape index (κ3) is 6.21. The molecule has 0 fully saturated rings. The number of carbonyl (C=O) groups is 2. The van der Waals surface area contributed by atoms with Crippen molar-refractivity contribution < 1.29 is 24.2 Å². The van der Waals surface area contributed by atoms with Crippen LogP contribution in [0.25, 0.3) is 6.08 Å². The number of aliphatic hydroxyl groups is 1. The second-order valence-electron chi connectivity index (χ2n) is 4.26. The molecule has 0 bridgehead atoms. The van der Waals surface area contributed by atoms with Crippen molar-refractivity contribution in [3.63, 3.8) is 0 Å². The lowest BCUT2D eigenvalue weighted by atomic mass is 10.0. The van der Waals surface area contributed by atoms with Crippen molar-refractivity contribution >= 4 is 33.9 Å². The normalized spacial score (nSPS) is 14.3. The van der Waals surface area contributed by atoms with Gasteiger partial charge in [0, 0.05) is 12.6 Å². The Labute approximate surface area is 118 Å². The van der Waals surface area contributed by atoms with Gasteiger partial charge in [0.15, 0.2) is 4.67 Å². The van der Waals surface area contributed by atoms with Gasteiger partial charge in [0.1, 0.15) is 5.76 Å². The Morgan fingerprint density at radius 3 is 2.74 bits per heavy atom. The summed E-state index contributed by atoms with van der Waals surface area (Å²) in [6, 6.07) is 3.36. The highest BCUT2D eigenvalue weighted by atomic mass is 79.9. The van der Waals surface area contributed by atoms with E-state index in [0.29, 0.717) is 10.4 Å². The van der Waals surface area contributed by atoms with Gasteiger partial charge in [-0.15, -0.1) is 0 Å². The Bertz CT molecular complexity index is 492. The molecule has 0 aliphatic rings. The van der Waals surface area contributed by atoms with Crippen molar-refractivity contribution in [3.8, 4) is 0 Å². The fourth-order valence-electron chi connectivity index (χ4n) is 1.30. The minimum absolute atomic E-state index is 0.148. The summed E-state index contributed by atoms with van der Waals surface area (Å²) < 4.78 is 5.71. The third-order valence-electron chi connectivity index (χ3n) is 2.17. The van der Waals surface area contributed by atoms with Crippen LogP contribution in [0.2, 0.25) is 0 Å². The first-order valence-electron chi connectivity index (χ1n) is 5.44. The second-order valence-corrected chi connectivity index (χ2v) is 5.04. The molecule has 1 atom stereocenters. The van der Waals surface area contributed by atoms with Gasteiger partial charge in [-0.2, -0.15) is 0 Å². The second kappa shape index (κ2) is 6.53. The van der Waals surface area contributed by atoms with Gasteiger partial charge < -0.3 is 19.9 Å². The largest absolute Gasteiger partial charge is 0.481 e. The molecule has 104 valence electrons. The zero-order valence-electron chi connectivity index (χ0n) is 10.2. The summed E-state index contributed by atoms with van der Waals surface area (Å²) >= 11 is 3.13. The van der Waals surface area contributed by atoms with Gasteiger partial charge in [-0.3, -0.25) is 9.59 Å². The van der Waals surface area contributed by atoms with Crippen LogP contribution < -0.4 is 5.32 Å². The van der Waals surface area contributed by atoms with E-state index in [1.54, 1.807) is 12.1 Å². The average molecular weight is 332 g/mol. The Morgan fingerprint density at radius 1 is 1.53 bits per heavy atom. The SMILES string of the molecule is CC(O)(CNC(=O)C=Cc1ccc(Br)o1)CC(=O)O. The van der Waals surface area contributed by atoms with E-state index in [4.69, 9.17) is 9.52 Å². The van der Waals surface area contributed by atoms with Gasteiger partial charge in [0.05, 0.1) is 12.0 Å². The molecule has 7 heteroatoms. The van der Waals surface area contributed by atoms with E-state index in [9.17, 15) is 14.7 Å². The number of hydrogen-bond acceptors (Lipinski definition) is 4. The molecular formula is C12H14BrNO5. The molecule has 1 unspecified atom stereocenters. The molecule has 0 radical (unpaired) electrons. The predicted molar refractivity (Wildman–Crippen MR) is 71.3 cm³/mol. The minimum atomic E-state index is -1.48. The maximum atomic E-state index is 11.4. The van der Waals surface area contributed by atoms with Gasteiger partial charge in [-0.05, 0) is 41.1 Å². The Balaban J connectivity index is 2.43. The van der Waals surface area contributed by atoms with E-state index in [1.165, 1.54) is 19.1 Å². The summed E-state index contributed by atoms with van der Waals surface area (Å²) in [6.07, 6.45) is 2.26. The van der Waals surface area contributed by atoms with Gasteiger partial charge in [-0.1, -0.05) is 0 Å². The lowest BCUT2D eigenvalue weighted by Gasteiger charge is -2.20. The highest BCUT2D eigenvalue weighted by molar-refractivity contribution is 9.10. The lowest BCUT2D eigenvalue weighted by molar-refractivity contribution is -0.142. The smallest absolute Gasteiger partial charge is 0.306 e. The van der Waals surface area contributed by atoms with E-state index in [0.717, 1.165) is 0 Å². The standard InChI is InChI=1S/C12H14BrNO5/c1-12(18,6-11(16)17)7-14-10(15)5-3-8-2-4-9(13)19-8/h2-5,18H,6-7H2,1H3,(H,14,15)(H,16,17). The predicted octanol–water partition coefficient (Wildman–Crippen LogP) is 1.40. The Kier molecular flexibility index (Phi) is 5.31. The van der Waals surface area contributed by atoms with Gasteiger partial charge in [0.2, 0.25) is 5.91 Å². The summed E-state index contributed by atoms with van der Waals surface area (Å²) in [5, 5.41) is 20.7. The monoisotopic (exact) mass is 331 g/mol. The minimum Gasteiger partial charge on any atom is -0.481 e. The molecule has 1 aromatic heterocycles. The van der Waals surface area contributed by atoms with Crippen LogP contribution in [0.3, 0.4) is 0 Å². The van der Waals surface area contributed by atoms with E-state index >= 15 is 0 Å². The fraction of sp³-hybridized carbons (Fsp3) is 0.333. The van der Waals surface area contributed by atoms with E-state index < -0.39 is 23.9 Å². The van der Waals surface area contributed by atoms with Gasteiger partial charge in [0.25, 0.3) is 0 Å². The lowest BCUT2D eigenvalue weighted by Crippen LogP contribution is -2.41. The summed E-state index contributed by atoms with van der Waals surface area (Å²) in [5.74, 6) is -1.08. The van der Waals surface area contributed by atoms with Crippen molar-refractivity contribution in [3.05, 3.63) is 28.6 Å². The first-order valence-corrected chi connectivity index (χ1v) is 6.23. The number of carboxylic acids is 1. The topological polar surface area (TPSA) is 99.8 Å². The molecule has 1 aromatic rings. The number of carbonyl (C=O) groups excluding carboxylic acids is 1. The first-order chi connectivity index (χ1) is 8.78. The van der Waals surface area contributed by atoms with Crippen LogP contribution in [0.15, 0.2) is 27.3 Å². The molecule has 1 rings (SSSR count). The molecular weight excluding hydrogens is 318 g/mol. The molecule has 0 aliphatic carbocycles. The molecule has 0 saturated heterocycles. The molecule has 0 aliphatic heterocycles. The van der Waals surface area contributed by atoms with Crippen LogP contribution in [0.1, 0.15) is 19.1 Å². The summed E-state index contributed by atoms with van der Waals surface area (Å²) in [7, 11) is 0. The fourth-order valence-corrected chi connectivity index (χ4v) is 1.62. The zero-order valence-corrected chi connectivity index (χ0v) is 11.8. The number of aliphatic carboxylic acids is 1. The molecule has 0 spiro atoms. The summed E-state index contributed by atoms with van der Waals surface area (Å²) in [5.41, 5.74) is -1.48. The van der Waals surface area contributed by atoms with Crippen molar-refractivity contribution in [1.29, 1.82) is 0 Å². The zero-order chi connectivity index (χ0) is 14.5. The van der Waals surface area contributed by atoms with Crippen LogP contribution in [0.4, 0.5) is 0 Å². The van der Waals surface area contributed by atoms with Crippen molar-refractivity contribution in [2.75, 3.05) is 6.54 Å². The molecule has 1 amide bonds. The number of nitrogens with one attached hydrogen (secondary N) is 1. The van der Waals surface area contributed by atoms with Crippen molar-refractivity contribution in [2.24, 2.45) is 0 Å². The van der Waals surface area contributed by atoms with Crippen LogP contribution in [-0.4, -0.2) is 34.2 Å². The Hall–Kier alpha value is -1.60. The highest BCUT2D eigenvalue weighted by Crippen LogP contribution is 2.15. The molecule has 1 heterocycles. The van der Waals surface area contributed by atoms with E-state index in [-0.39, 0.29) is 6.54 Å². The average Bonchev–Trinajstić information content (AvgIpc) is 2.68. The van der Waals surface area contributed by atoms with Crippen LogP contribution >= 0.6 is 15.9 Å². The molecule has 6 nitrogen and oxygen atoms in total. The molecule has 0 saturated carbocycles. The van der Waals surface area contributed by atoms with Crippen LogP contribution in [0, 0.1) is 0 Å². The highest BCUT2D eigenvalue weighted by Gasteiger charge is 2.24. The molecule has 0 aromatic carbocycles. The molecule has 3 N–H and O–H groups in total. The quantitative estimate of drug-likeness (QED) is 0.684.